The van der Waals surface area contributed by atoms with Crippen LogP contribution in [-0.4, -0.2) is 59.8 Å². The van der Waals surface area contributed by atoms with E-state index in [9.17, 15) is 9.59 Å². The van der Waals surface area contributed by atoms with Gasteiger partial charge < -0.3 is 14.7 Å². The van der Waals surface area contributed by atoms with Crippen LogP contribution in [0.3, 0.4) is 0 Å². The molecular weight excluding hydrogens is 448 g/mol. The van der Waals surface area contributed by atoms with Gasteiger partial charge in [-0.15, -0.1) is 0 Å². The molecule has 0 bridgehead atoms. The molecule has 2 aliphatic heterocycles. The first-order valence-electron chi connectivity index (χ1n) is 13.7. The summed E-state index contributed by atoms with van der Waals surface area (Å²) in [6, 6.07) is 10.5. The maximum atomic E-state index is 13.5. The molecule has 3 heterocycles. The van der Waals surface area contributed by atoms with Crippen LogP contribution in [0, 0.1) is 11.3 Å². The third-order valence-corrected chi connectivity index (χ3v) is 8.85. The molecule has 1 atom stereocenters. The van der Waals surface area contributed by atoms with Gasteiger partial charge in [0.15, 0.2) is 0 Å². The van der Waals surface area contributed by atoms with E-state index in [2.05, 4.69) is 52.9 Å². The van der Waals surface area contributed by atoms with Gasteiger partial charge in [0, 0.05) is 63.3 Å². The lowest BCUT2D eigenvalue weighted by Gasteiger charge is -2.47. The molecule has 0 saturated carbocycles. The Labute approximate surface area is 215 Å². The number of aromatic nitrogens is 1. The number of anilines is 1. The van der Waals surface area contributed by atoms with Gasteiger partial charge in [0.25, 0.3) is 5.91 Å². The second-order valence-corrected chi connectivity index (χ2v) is 11.6. The molecule has 1 aromatic carbocycles. The zero-order valence-corrected chi connectivity index (χ0v) is 22.1. The van der Waals surface area contributed by atoms with Gasteiger partial charge in [-0.05, 0) is 85.3 Å². The molecule has 6 heteroatoms. The summed E-state index contributed by atoms with van der Waals surface area (Å²) in [4.78, 5) is 36.8. The molecule has 6 nitrogen and oxygen atoms in total. The monoisotopic (exact) mass is 488 g/mol. The van der Waals surface area contributed by atoms with Crippen LogP contribution in [0.4, 0.5) is 5.69 Å². The van der Waals surface area contributed by atoms with E-state index in [0.717, 1.165) is 63.0 Å². The number of likely N-dealkylation sites (tertiary alicyclic amines) is 1. The number of pyridine rings is 1. The van der Waals surface area contributed by atoms with Gasteiger partial charge >= 0.3 is 0 Å². The van der Waals surface area contributed by atoms with Crippen molar-refractivity contribution in [2.45, 2.75) is 64.8 Å². The maximum Gasteiger partial charge on any atom is 0.253 e. The summed E-state index contributed by atoms with van der Waals surface area (Å²) >= 11 is 0. The molecule has 1 aliphatic carbocycles. The van der Waals surface area contributed by atoms with Gasteiger partial charge in [-0.1, -0.05) is 19.9 Å². The molecule has 1 aromatic heterocycles. The van der Waals surface area contributed by atoms with Crippen molar-refractivity contribution in [2.75, 3.05) is 38.1 Å². The first-order valence-corrected chi connectivity index (χ1v) is 13.7. The summed E-state index contributed by atoms with van der Waals surface area (Å²) in [7, 11) is 1.92. The zero-order valence-electron chi connectivity index (χ0n) is 22.1. The number of amides is 2. The Hall–Kier alpha value is -2.89. The van der Waals surface area contributed by atoms with Crippen molar-refractivity contribution in [3.8, 4) is 0 Å². The third kappa shape index (κ3) is 5.00. The molecule has 1 spiro atoms. The van der Waals surface area contributed by atoms with Crippen molar-refractivity contribution in [3.05, 3.63) is 59.4 Å². The molecule has 0 N–H and O–H groups in total. The van der Waals surface area contributed by atoms with Crippen LogP contribution in [0.2, 0.25) is 0 Å². The number of piperidine rings is 2. The SMILES string of the molecule is CC(C)CC(=O)N(C)C1CCc2ccc(C(=O)N3CCC4(CC3)CCN(c3ccncc3)CC4)cc21. The lowest BCUT2D eigenvalue weighted by Crippen LogP contribution is -2.48. The van der Waals surface area contributed by atoms with Crippen LogP contribution in [0.25, 0.3) is 0 Å². The second-order valence-electron chi connectivity index (χ2n) is 11.6. The maximum absolute atomic E-state index is 13.5. The lowest BCUT2D eigenvalue weighted by molar-refractivity contribution is -0.132. The molecule has 3 aliphatic rings. The molecule has 2 fully saturated rings. The molecule has 2 amide bonds. The number of nitrogens with zero attached hydrogens (tertiary/aromatic N) is 4. The molecule has 192 valence electrons. The Morgan fingerprint density at radius 3 is 2.36 bits per heavy atom. The number of fused-ring (bicyclic) bond motifs is 1. The fourth-order valence-electron chi connectivity index (χ4n) is 6.44. The van der Waals surface area contributed by atoms with Crippen molar-refractivity contribution in [1.82, 2.24) is 14.8 Å². The smallest absolute Gasteiger partial charge is 0.253 e. The van der Waals surface area contributed by atoms with Crippen LogP contribution in [0.5, 0.6) is 0 Å². The Morgan fingerprint density at radius 2 is 1.69 bits per heavy atom. The van der Waals surface area contributed by atoms with Crippen molar-refractivity contribution in [1.29, 1.82) is 0 Å². The number of carbonyl (C=O) groups is 2. The predicted molar refractivity (Wildman–Crippen MR) is 143 cm³/mol. The topological polar surface area (TPSA) is 56.8 Å². The minimum Gasteiger partial charge on any atom is -0.371 e. The fraction of sp³-hybridized carbons (Fsp3) is 0.567. The molecule has 2 saturated heterocycles. The predicted octanol–water partition coefficient (Wildman–Crippen LogP) is 5.10. The summed E-state index contributed by atoms with van der Waals surface area (Å²) in [6.07, 6.45) is 10.8. The summed E-state index contributed by atoms with van der Waals surface area (Å²) in [5.41, 5.74) is 4.84. The van der Waals surface area contributed by atoms with E-state index in [1.807, 2.05) is 30.4 Å². The second kappa shape index (κ2) is 10.2. The minimum atomic E-state index is 0.0780. The van der Waals surface area contributed by atoms with E-state index in [1.165, 1.54) is 24.1 Å². The average molecular weight is 489 g/mol. The average Bonchev–Trinajstić information content (AvgIpc) is 3.32. The molecule has 2 aromatic rings. The van der Waals surface area contributed by atoms with Crippen molar-refractivity contribution < 1.29 is 9.59 Å². The van der Waals surface area contributed by atoms with Gasteiger partial charge in [0.2, 0.25) is 5.91 Å². The van der Waals surface area contributed by atoms with Crippen LogP contribution >= 0.6 is 0 Å². The van der Waals surface area contributed by atoms with Crippen molar-refractivity contribution in [2.24, 2.45) is 11.3 Å². The van der Waals surface area contributed by atoms with E-state index < -0.39 is 0 Å². The van der Waals surface area contributed by atoms with E-state index in [4.69, 9.17) is 0 Å². The van der Waals surface area contributed by atoms with E-state index in [0.29, 0.717) is 17.8 Å². The highest BCUT2D eigenvalue weighted by atomic mass is 16.2. The van der Waals surface area contributed by atoms with Gasteiger partial charge in [-0.3, -0.25) is 14.6 Å². The Morgan fingerprint density at radius 1 is 1.03 bits per heavy atom. The zero-order chi connectivity index (χ0) is 25.3. The highest BCUT2D eigenvalue weighted by molar-refractivity contribution is 5.94. The van der Waals surface area contributed by atoms with E-state index >= 15 is 0 Å². The number of benzene rings is 1. The first kappa shape index (κ1) is 24.8. The van der Waals surface area contributed by atoms with Crippen LogP contribution in [-0.2, 0) is 11.2 Å². The van der Waals surface area contributed by atoms with Crippen LogP contribution in [0.15, 0.2) is 42.7 Å². The number of carbonyl (C=O) groups excluding carboxylic acids is 2. The van der Waals surface area contributed by atoms with Crippen LogP contribution < -0.4 is 4.90 Å². The number of hydrogen-bond donors (Lipinski definition) is 0. The van der Waals surface area contributed by atoms with Gasteiger partial charge in [0.1, 0.15) is 0 Å². The minimum absolute atomic E-state index is 0.0780. The highest BCUT2D eigenvalue weighted by Gasteiger charge is 2.39. The lowest BCUT2D eigenvalue weighted by atomic mass is 9.71. The Bertz CT molecular complexity index is 1080. The van der Waals surface area contributed by atoms with Gasteiger partial charge in [0.05, 0.1) is 6.04 Å². The third-order valence-electron chi connectivity index (χ3n) is 8.85. The van der Waals surface area contributed by atoms with Gasteiger partial charge in [-0.25, -0.2) is 0 Å². The fourth-order valence-corrected chi connectivity index (χ4v) is 6.44. The van der Waals surface area contributed by atoms with Crippen molar-refractivity contribution in [3.63, 3.8) is 0 Å². The molecule has 36 heavy (non-hydrogen) atoms. The number of aryl methyl sites for hydroxylation is 1. The molecule has 0 radical (unpaired) electrons. The normalized spacial score (nSPS) is 21.1. The molecule has 1 unspecified atom stereocenters. The van der Waals surface area contributed by atoms with Gasteiger partial charge in [-0.2, -0.15) is 0 Å². The number of hydrogen-bond acceptors (Lipinski definition) is 4. The first-order chi connectivity index (χ1) is 17.3. The molecule has 5 rings (SSSR count). The molecular formula is C30H40N4O2. The highest BCUT2D eigenvalue weighted by Crippen LogP contribution is 2.42. The Balaban J connectivity index is 1.20. The Kier molecular flexibility index (Phi) is 7.05. The van der Waals surface area contributed by atoms with Crippen molar-refractivity contribution >= 4 is 17.5 Å². The number of rotatable bonds is 5. The van der Waals surface area contributed by atoms with E-state index in [1.54, 1.807) is 0 Å². The quantitative estimate of drug-likeness (QED) is 0.588. The summed E-state index contributed by atoms with van der Waals surface area (Å²) in [5, 5.41) is 0. The largest absolute Gasteiger partial charge is 0.371 e. The summed E-state index contributed by atoms with van der Waals surface area (Å²) in [6.45, 7) is 7.99. The van der Waals surface area contributed by atoms with E-state index in [-0.39, 0.29) is 17.9 Å². The summed E-state index contributed by atoms with van der Waals surface area (Å²) in [5.74, 6) is 0.679. The standard InChI is InChI=1S/C30H40N4O2/c1-22(2)20-28(35)32(3)27-7-6-23-4-5-24(21-26(23)27)29(36)34-18-12-30(13-19-34)10-16-33(17-11-30)25-8-14-31-15-9-25/h4-5,8-9,14-15,21-22,27H,6-7,10-13,16-20H2,1-3H3. The summed E-state index contributed by atoms with van der Waals surface area (Å²) < 4.78 is 0. The van der Waals surface area contributed by atoms with Crippen LogP contribution in [0.1, 0.15) is 79.9 Å².